The fourth-order valence-corrected chi connectivity index (χ4v) is 2.29. The SMILES string of the molecule is O=C(O)Cc1cccc(Oc2ccc(Cl)cc2Cl)c1[N+](=O)[O-]. The highest BCUT2D eigenvalue weighted by molar-refractivity contribution is 6.35. The first-order chi connectivity index (χ1) is 10.4. The molecule has 0 saturated carbocycles. The molecule has 2 rings (SSSR count). The first-order valence-corrected chi connectivity index (χ1v) is 6.75. The summed E-state index contributed by atoms with van der Waals surface area (Å²) in [6, 6.07) is 8.64. The number of benzene rings is 2. The molecule has 0 fully saturated rings. The molecule has 0 bridgehead atoms. The Kier molecular flexibility index (Phi) is 4.85. The number of rotatable bonds is 5. The van der Waals surface area contributed by atoms with Gasteiger partial charge in [-0.3, -0.25) is 14.9 Å². The summed E-state index contributed by atoms with van der Waals surface area (Å²) in [5.41, 5.74) is -0.365. The second kappa shape index (κ2) is 6.64. The largest absolute Gasteiger partial charge is 0.481 e. The van der Waals surface area contributed by atoms with E-state index in [1.807, 2.05) is 0 Å². The van der Waals surface area contributed by atoms with E-state index in [1.54, 1.807) is 0 Å². The molecule has 1 N–H and O–H groups in total. The zero-order valence-electron chi connectivity index (χ0n) is 11.0. The predicted molar refractivity (Wildman–Crippen MR) is 81.0 cm³/mol. The fourth-order valence-electron chi connectivity index (χ4n) is 1.84. The summed E-state index contributed by atoms with van der Waals surface area (Å²) in [4.78, 5) is 21.4. The summed E-state index contributed by atoms with van der Waals surface area (Å²) >= 11 is 11.7. The standard InChI is InChI=1S/C14H9Cl2NO5/c15-9-4-5-11(10(16)7-9)22-12-3-1-2-8(6-13(18)19)14(12)17(20)21/h1-5,7H,6H2,(H,18,19). The van der Waals surface area contributed by atoms with E-state index in [4.69, 9.17) is 33.0 Å². The topological polar surface area (TPSA) is 89.7 Å². The Bertz CT molecular complexity index is 748. The van der Waals surface area contributed by atoms with E-state index in [0.717, 1.165) is 0 Å². The van der Waals surface area contributed by atoms with E-state index in [9.17, 15) is 14.9 Å². The van der Waals surface area contributed by atoms with E-state index < -0.39 is 23.0 Å². The number of nitro benzene ring substituents is 1. The number of hydrogen-bond acceptors (Lipinski definition) is 4. The number of ether oxygens (including phenoxy) is 1. The predicted octanol–water partition coefficient (Wildman–Crippen LogP) is 4.32. The van der Waals surface area contributed by atoms with Gasteiger partial charge < -0.3 is 9.84 Å². The highest BCUT2D eigenvalue weighted by Gasteiger charge is 2.23. The molecule has 0 aromatic heterocycles. The van der Waals surface area contributed by atoms with Gasteiger partial charge in [0.25, 0.3) is 0 Å². The normalized spacial score (nSPS) is 10.3. The second-order valence-electron chi connectivity index (χ2n) is 4.27. The molecule has 8 heteroatoms. The summed E-state index contributed by atoms with van der Waals surface area (Å²) in [6.45, 7) is 0. The van der Waals surface area contributed by atoms with Gasteiger partial charge in [-0.05, 0) is 24.3 Å². The average Bonchev–Trinajstić information content (AvgIpc) is 2.41. The maximum atomic E-state index is 11.2. The van der Waals surface area contributed by atoms with Crippen LogP contribution in [-0.2, 0) is 11.2 Å². The van der Waals surface area contributed by atoms with Crippen LogP contribution in [0.5, 0.6) is 11.5 Å². The molecular weight excluding hydrogens is 333 g/mol. The lowest BCUT2D eigenvalue weighted by Gasteiger charge is -2.10. The third kappa shape index (κ3) is 3.66. The van der Waals surface area contributed by atoms with Crippen LogP contribution in [0, 0.1) is 10.1 Å². The minimum Gasteiger partial charge on any atom is -0.481 e. The van der Waals surface area contributed by atoms with Crippen molar-refractivity contribution in [2.75, 3.05) is 0 Å². The zero-order valence-corrected chi connectivity index (χ0v) is 12.5. The molecule has 0 spiro atoms. The molecule has 0 radical (unpaired) electrons. The molecule has 114 valence electrons. The Morgan fingerprint density at radius 2 is 1.95 bits per heavy atom. The molecule has 0 aliphatic rings. The summed E-state index contributed by atoms with van der Waals surface area (Å²) in [5, 5.41) is 20.6. The molecule has 0 unspecified atom stereocenters. The molecule has 0 heterocycles. The molecule has 6 nitrogen and oxygen atoms in total. The van der Waals surface area contributed by atoms with Crippen molar-refractivity contribution in [1.29, 1.82) is 0 Å². The molecule has 0 amide bonds. The average molecular weight is 342 g/mol. The highest BCUT2D eigenvalue weighted by atomic mass is 35.5. The number of carboxylic acids is 1. The molecular formula is C14H9Cl2NO5. The van der Waals surface area contributed by atoms with Gasteiger partial charge in [-0.15, -0.1) is 0 Å². The summed E-state index contributed by atoms with van der Waals surface area (Å²) in [7, 11) is 0. The molecule has 2 aromatic rings. The highest BCUT2D eigenvalue weighted by Crippen LogP contribution is 2.37. The van der Waals surface area contributed by atoms with Crippen molar-refractivity contribution in [2.24, 2.45) is 0 Å². The van der Waals surface area contributed by atoms with Crippen LogP contribution in [-0.4, -0.2) is 16.0 Å². The van der Waals surface area contributed by atoms with Gasteiger partial charge >= 0.3 is 11.7 Å². The maximum Gasteiger partial charge on any atom is 0.315 e. The monoisotopic (exact) mass is 341 g/mol. The number of carbonyl (C=O) groups is 1. The number of carboxylic acid groups (broad SMARTS) is 1. The molecule has 0 saturated heterocycles. The van der Waals surface area contributed by atoms with Crippen molar-refractivity contribution < 1.29 is 19.6 Å². The Hall–Kier alpha value is -2.31. The Morgan fingerprint density at radius 1 is 1.23 bits per heavy atom. The zero-order chi connectivity index (χ0) is 16.3. The first-order valence-electron chi connectivity index (χ1n) is 5.99. The van der Waals surface area contributed by atoms with E-state index in [0.29, 0.717) is 5.02 Å². The van der Waals surface area contributed by atoms with Crippen molar-refractivity contribution in [3.05, 3.63) is 62.1 Å². The summed E-state index contributed by atoms with van der Waals surface area (Å²) < 4.78 is 5.45. The van der Waals surface area contributed by atoms with Gasteiger partial charge in [-0.2, -0.15) is 0 Å². The van der Waals surface area contributed by atoms with Crippen molar-refractivity contribution in [2.45, 2.75) is 6.42 Å². The third-order valence-electron chi connectivity index (χ3n) is 2.72. The summed E-state index contributed by atoms with van der Waals surface area (Å²) in [6.07, 6.45) is -0.484. The van der Waals surface area contributed by atoms with Gasteiger partial charge in [0.15, 0.2) is 0 Å². The van der Waals surface area contributed by atoms with Gasteiger partial charge in [0, 0.05) is 10.6 Å². The Balaban J connectivity index is 2.46. The van der Waals surface area contributed by atoms with Crippen molar-refractivity contribution in [1.82, 2.24) is 0 Å². The third-order valence-corrected chi connectivity index (χ3v) is 3.25. The van der Waals surface area contributed by atoms with Crippen LogP contribution >= 0.6 is 23.2 Å². The number of hydrogen-bond donors (Lipinski definition) is 1. The number of nitro groups is 1. The van der Waals surface area contributed by atoms with Crippen LogP contribution in [0.3, 0.4) is 0 Å². The fraction of sp³-hybridized carbons (Fsp3) is 0.0714. The van der Waals surface area contributed by atoms with Gasteiger partial charge in [-0.25, -0.2) is 0 Å². The van der Waals surface area contributed by atoms with Gasteiger partial charge in [0.1, 0.15) is 5.75 Å². The van der Waals surface area contributed by atoms with Gasteiger partial charge in [0.2, 0.25) is 5.75 Å². The van der Waals surface area contributed by atoms with E-state index in [1.165, 1.54) is 36.4 Å². The van der Waals surface area contributed by atoms with Crippen LogP contribution < -0.4 is 4.74 Å². The molecule has 2 aromatic carbocycles. The van der Waals surface area contributed by atoms with Gasteiger partial charge in [0.05, 0.1) is 16.4 Å². The van der Waals surface area contributed by atoms with E-state index in [-0.39, 0.29) is 22.1 Å². The van der Waals surface area contributed by atoms with Crippen LogP contribution in [0.4, 0.5) is 5.69 Å². The molecule has 22 heavy (non-hydrogen) atoms. The van der Waals surface area contributed by atoms with Crippen molar-refractivity contribution in [3.8, 4) is 11.5 Å². The van der Waals surface area contributed by atoms with Crippen LogP contribution in [0.2, 0.25) is 10.0 Å². The molecule has 0 atom stereocenters. The lowest BCUT2D eigenvalue weighted by atomic mass is 10.1. The lowest BCUT2D eigenvalue weighted by molar-refractivity contribution is -0.386. The quantitative estimate of drug-likeness (QED) is 0.645. The van der Waals surface area contributed by atoms with Crippen molar-refractivity contribution in [3.63, 3.8) is 0 Å². The molecule has 0 aliphatic heterocycles. The number of nitrogens with zero attached hydrogens (tertiary/aromatic N) is 1. The maximum absolute atomic E-state index is 11.2. The van der Waals surface area contributed by atoms with E-state index >= 15 is 0 Å². The van der Waals surface area contributed by atoms with E-state index in [2.05, 4.69) is 0 Å². The number of para-hydroxylation sites is 1. The Labute approximate surface area is 135 Å². The number of aliphatic carboxylic acids is 1. The number of halogens is 2. The lowest BCUT2D eigenvalue weighted by Crippen LogP contribution is -2.05. The molecule has 0 aliphatic carbocycles. The van der Waals surface area contributed by atoms with Crippen molar-refractivity contribution >= 4 is 34.9 Å². The minimum absolute atomic E-state index is 0.0417. The summed E-state index contributed by atoms with van der Waals surface area (Å²) in [5.74, 6) is -1.08. The first kappa shape index (κ1) is 16.1. The second-order valence-corrected chi connectivity index (χ2v) is 5.11. The minimum atomic E-state index is -1.18. The Morgan fingerprint density at radius 3 is 2.55 bits per heavy atom. The van der Waals surface area contributed by atoms with Gasteiger partial charge in [-0.1, -0.05) is 35.3 Å². The van der Waals surface area contributed by atoms with Crippen LogP contribution in [0.15, 0.2) is 36.4 Å². The van der Waals surface area contributed by atoms with Crippen LogP contribution in [0.1, 0.15) is 5.56 Å². The smallest absolute Gasteiger partial charge is 0.315 e. The van der Waals surface area contributed by atoms with Crippen LogP contribution in [0.25, 0.3) is 0 Å².